The van der Waals surface area contributed by atoms with Gasteiger partial charge >= 0.3 is 5.97 Å². The summed E-state index contributed by atoms with van der Waals surface area (Å²) in [6.45, 7) is 5.00. The van der Waals surface area contributed by atoms with Gasteiger partial charge in [0, 0.05) is 11.4 Å². The molecule has 0 bridgehead atoms. The molecule has 4 heteroatoms. The predicted octanol–water partition coefficient (Wildman–Crippen LogP) is 4.00. The smallest absolute Gasteiger partial charge is 0.320 e. The van der Waals surface area contributed by atoms with Gasteiger partial charge in [0.2, 0.25) is 0 Å². The van der Waals surface area contributed by atoms with Crippen molar-refractivity contribution in [2.24, 2.45) is 0 Å². The van der Waals surface area contributed by atoms with E-state index in [0.29, 0.717) is 0 Å². The number of likely N-dealkylation sites (tertiary alicyclic amines) is 1. The van der Waals surface area contributed by atoms with Gasteiger partial charge in [-0.25, -0.2) is 0 Å². The van der Waals surface area contributed by atoms with Crippen molar-refractivity contribution in [1.82, 2.24) is 4.90 Å². The molecule has 1 N–H and O–H groups in total. The van der Waals surface area contributed by atoms with Crippen molar-refractivity contribution >= 4 is 17.3 Å². The molecule has 1 fully saturated rings. The second-order valence-electron chi connectivity index (χ2n) is 6.07. The molecule has 1 aromatic heterocycles. The number of hydrogen-bond acceptors (Lipinski definition) is 3. The van der Waals surface area contributed by atoms with Crippen LogP contribution in [0.15, 0.2) is 35.7 Å². The quantitative estimate of drug-likeness (QED) is 0.927. The zero-order valence-corrected chi connectivity index (χ0v) is 13.8. The first-order valence-electron chi connectivity index (χ1n) is 7.66. The van der Waals surface area contributed by atoms with Gasteiger partial charge in [0.15, 0.2) is 0 Å². The van der Waals surface area contributed by atoms with Gasteiger partial charge in [-0.3, -0.25) is 9.69 Å². The zero-order valence-electron chi connectivity index (χ0n) is 13.0. The number of rotatable bonds is 4. The molecule has 2 atom stereocenters. The van der Waals surface area contributed by atoms with Crippen LogP contribution in [0.4, 0.5) is 0 Å². The third-order valence-corrected chi connectivity index (χ3v) is 5.43. The van der Waals surface area contributed by atoms with Crippen LogP contribution in [0, 0.1) is 13.8 Å². The standard InChI is InChI=1S/C18H21NO2S/c1-12-5-7-14(8-6-12)17(16-10-13(2)11-22-16)19-9-3-4-15(19)18(20)21/h5-8,10-11,15,17H,3-4,9H2,1-2H3,(H,20,21). The molecule has 0 amide bonds. The molecule has 0 aliphatic carbocycles. The van der Waals surface area contributed by atoms with E-state index in [4.69, 9.17) is 0 Å². The third kappa shape index (κ3) is 2.94. The normalized spacial score (nSPS) is 20.2. The molecule has 116 valence electrons. The van der Waals surface area contributed by atoms with Crippen molar-refractivity contribution in [1.29, 1.82) is 0 Å². The van der Waals surface area contributed by atoms with Crippen LogP contribution in [0.3, 0.4) is 0 Å². The van der Waals surface area contributed by atoms with Crippen LogP contribution in [0.1, 0.15) is 40.5 Å². The lowest BCUT2D eigenvalue weighted by Gasteiger charge is -2.31. The number of thiophene rings is 1. The molecule has 1 saturated heterocycles. The second-order valence-corrected chi connectivity index (χ2v) is 7.02. The molecule has 22 heavy (non-hydrogen) atoms. The van der Waals surface area contributed by atoms with Gasteiger partial charge in [-0.1, -0.05) is 29.8 Å². The number of benzene rings is 1. The van der Waals surface area contributed by atoms with Crippen LogP contribution in [0.2, 0.25) is 0 Å². The number of carbonyl (C=O) groups is 1. The summed E-state index contributed by atoms with van der Waals surface area (Å²) >= 11 is 1.72. The topological polar surface area (TPSA) is 40.5 Å². The monoisotopic (exact) mass is 315 g/mol. The number of carboxylic acids is 1. The minimum absolute atomic E-state index is 0.0444. The lowest BCUT2D eigenvalue weighted by atomic mass is 10.0. The summed E-state index contributed by atoms with van der Waals surface area (Å²) in [5.74, 6) is -0.706. The second kappa shape index (κ2) is 6.23. The van der Waals surface area contributed by atoms with Gasteiger partial charge < -0.3 is 5.11 Å². The molecular weight excluding hydrogens is 294 g/mol. The van der Waals surface area contributed by atoms with E-state index in [9.17, 15) is 9.90 Å². The molecule has 1 aromatic carbocycles. The van der Waals surface area contributed by atoms with Gasteiger partial charge in [-0.05, 0) is 49.3 Å². The van der Waals surface area contributed by atoms with Crippen LogP contribution < -0.4 is 0 Å². The average molecular weight is 315 g/mol. The van der Waals surface area contributed by atoms with Gasteiger partial charge in [0.25, 0.3) is 0 Å². The number of carboxylic acid groups (broad SMARTS) is 1. The van der Waals surface area contributed by atoms with Crippen molar-refractivity contribution in [2.45, 2.75) is 38.8 Å². The van der Waals surface area contributed by atoms with Gasteiger partial charge in [0.05, 0.1) is 6.04 Å². The Balaban J connectivity index is 2.03. The number of aryl methyl sites for hydroxylation is 2. The number of aliphatic carboxylic acids is 1. The highest BCUT2D eigenvalue weighted by atomic mass is 32.1. The van der Waals surface area contributed by atoms with Crippen molar-refractivity contribution in [3.05, 3.63) is 57.3 Å². The number of hydrogen-bond donors (Lipinski definition) is 1. The average Bonchev–Trinajstić information content (AvgIpc) is 3.11. The Morgan fingerprint density at radius 3 is 2.59 bits per heavy atom. The van der Waals surface area contributed by atoms with E-state index in [2.05, 4.69) is 54.5 Å². The van der Waals surface area contributed by atoms with Crippen molar-refractivity contribution < 1.29 is 9.90 Å². The molecule has 0 radical (unpaired) electrons. The largest absolute Gasteiger partial charge is 0.480 e. The highest BCUT2D eigenvalue weighted by Gasteiger charge is 2.37. The van der Waals surface area contributed by atoms with Crippen LogP contribution >= 0.6 is 11.3 Å². The Morgan fingerprint density at radius 1 is 1.27 bits per heavy atom. The Morgan fingerprint density at radius 2 is 2.00 bits per heavy atom. The Hall–Kier alpha value is -1.65. The summed E-state index contributed by atoms with van der Waals surface area (Å²) in [5.41, 5.74) is 3.64. The molecule has 3 nitrogen and oxygen atoms in total. The molecule has 2 heterocycles. The van der Waals surface area contributed by atoms with Crippen molar-refractivity contribution in [2.75, 3.05) is 6.54 Å². The first kappa shape index (κ1) is 15.3. The van der Waals surface area contributed by atoms with E-state index in [1.165, 1.54) is 21.6 Å². The molecule has 1 aliphatic rings. The van der Waals surface area contributed by atoms with E-state index < -0.39 is 5.97 Å². The van der Waals surface area contributed by atoms with Gasteiger partial charge in [0.1, 0.15) is 6.04 Å². The molecule has 0 spiro atoms. The van der Waals surface area contributed by atoms with Gasteiger partial charge in [-0.15, -0.1) is 11.3 Å². The molecule has 2 aromatic rings. The van der Waals surface area contributed by atoms with E-state index in [0.717, 1.165) is 19.4 Å². The van der Waals surface area contributed by atoms with Gasteiger partial charge in [-0.2, -0.15) is 0 Å². The first-order chi connectivity index (χ1) is 10.6. The maximum Gasteiger partial charge on any atom is 0.320 e. The van der Waals surface area contributed by atoms with E-state index in [1.54, 1.807) is 11.3 Å². The van der Waals surface area contributed by atoms with E-state index in [1.807, 2.05) is 0 Å². The fourth-order valence-electron chi connectivity index (χ4n) is 3.23. The van der Waals surface area contributed by atoms with Crippen LogP contribution in [0.25, 0.3) is 0 Å². The van der Waals surface area contributed by atoms with E-state index >= 15 is 0 Å². The Bertz CT molecular complexity index is 662. The first-order valence-corrected chi connectivity index (χ1v) is 8.54. The molecule has 2 unspecified atom stereocenters. The Labute approximate surface area is 135 Å². The fourth-order valence-corrected chi connectivity index (χ4v) is 4.27. The van der Waals surface area contributed by atoms with Crippen LogP contribution in [-0.2, 0) is 4.79 Å². The summed E-state index contributed by atoms with van der Waals surface area (Å²) in [7, 11) is 0. The highest BCUT2D eigenvalue weighted by molar-refractivity contribution is 7.10. The molecule has 0 saturated carbocycles. The van der Waals surface area contributed by atoms with E-state index in [-0.39, 0.29) is 12.1 Å². The summed E-state index contributed by atoms with van der Waals surface area (Å²) in [4.78, 5) is 15.0. The lowest BCUT2D eigenvalue weighted by Crippen LogP contribution is -2.39. The summed E-state index contributed by atoms with van der Waals surface area (Å²) in [6.07, 6.45) is 1.69. The fraction of sp³-hybridized carbons (Fsp3) is 0.389. The Kier molecular flexibility index (Phi) is 4.32. The summed E-state index contributed by atoms with van der Waals surface area (Å²) < 4.78 is 0. The zero-order chi connectivity index (χ0) is 15.7. The maximum atomic E-state index is 11.6. The summed E-state index contributed by atoms with van der Waals surface area (Å²) in [6, 6.07) is 10.3. The maximum absolute atomic E-state index is 11.6. The molecule has 1 aliphatic heterocycles. The minimum atomic E-state index is -0.706. The molecular formula is C18H21NO2S. The van der Waals surface area contributed by atoms with Crippen molar-refractivity contribution in [3.63, 3.8) is 0 Å². The SMILES string of the molecule is Cc1ccc(C(c2cc(C)cs2)N2CCCC2C(=O)O)cc1. The third-order valence-electron chi connectivity index (χ3n) is 4.32. The molecule has 3 rings (SSSR count). The highest BCUT2D eigenvalue weighted by Crippen LogP contribution is 2.37. The predicted molar refractivity (Wildman–Crippen MR) is 89.4 cm³/mol. The minimum Gasteiger partial charge on any atom is -0.480 e. The van der Waals surface area contributed by atoms with Crippen LogP contribution in [-0.4, -0.2) is 28.6 Å². The van der Waals surface area contributed by atoms with Crippen LogP contribution in [0.5, 0.6) is 0 Å². The van der Waals surface area contributed by atoms with Crippen molar-refractivity contribution in [3.8, 4) is 0 Å². The summed E-state index contributed by atoms with van der Waals surface area (Å²) in [5, 5.41) is 11.7. The lowest BCUT2D eigenvalue weighted by molar-refractivity contribution is -0.142. The number of nitrogens with zero attached hydrogens (tertiary/aromatic N) is 1.